The van der Waals surface area contributed by atoms with Crippen LogP contribution < -0.4 is 10.3 Å². The van der Waals surface area contributed by atoms with Crippen molar-refractivity contribution in [3.05, 3.63) is 71.7 Å². The Labute approximate surface area is 207 Å². The number of hydrogen-bond donors (Lipinski definition) is 0. The highest BCUT2D eigenvalue weighted by Crippen LogP contribution is 2.33. The number of aromatic nitrogens is 2. The van der Waals surface area contributed by atoms with Gasteiger partial charge in [0.2, 0.25) is 5.75 Å². The number of benzene rings is 2. The zero-order valence-electron chi connectivity index (χ0n) is 18.3. The molecular formula is C22H20BrClN4O6. The molecule has 0 amide bonds. The van der Waals surface area contributed by atoms with Crippen molar-refractivity contribution >= 4 is 56.3 Å². The second-order valence-electron chi connectivity index (χ2n) is 7.00. The molecule has 0 bridgehead atoms. The maximum atomic E-state index is 13.2. The number of hydrogen-bond acceptors (Lipinski definition) is 8. The summed E-state index contributed by atoms with van der Waals surface area (Å²) in [6.07, 6.45) is 2.40. The molecule has 0 spiro atoms. The second kappa shape index (κ2) is 11.2. The van der Waals surface area contributed by atoms with E-state index in [0.29, 0.717) is 34.0 Å². The largest absolute Gasteiger partial charge is 0.474 e. The molecule has 34 heavy (non-hydrogen) atoms. The highest BCUT2D eigenvalue weighted by molar-refractivity contribution is 9.10. The fourth-order valence-corrected chi connectivity index (χ4v) is 3.72. The molecule has 10 nitrogen and oxygen atoms in total. The van der Waals surface area contributed by atoms with Crippen LogP contribution in [-0.2, 0) is 16.0 Å². The number of esters is 1. The molecule has 178 valence electrons. The van der Waals surface area contributed by atoms with Crippen molar-refractivity contribution in [3.8, 4) is 5.75 Å². The van der Waals surface area contributed by atoms with Gasteiger partial charge in [-0.1, -0.05) is 34.5 Å². The number of aryl methyl sites for hydroxylation is 1. The van der Waals surface area contributed by atoms with E-state index in [0.717, 1.165) is 10.7 Å². The summed E-state index contributed by atoms with van der Waals surface area (Å²) >= 11 is 9.42. The number of nitrogens with zero attached hydrogens (tertiary/aromatic N) is 4. The molecule has 1 heterocycles. The Morgan fingerprint density at radius 3 is 2.76 bits per heavy atom. The lowest BCUT2D eigenvalue weighted by atomic mass is 10.2. The third-order valence-corrected chi connectivity index (χ3v) is 5.27. The SMILES string of the molecule is CCCc1nc2ccc(Br)cc2c(=O)n1N=Cc1cc(Cl)cc([N+](=O)[O-])c1OCC(=O)OCC. The molecule has 2 aromatic carbocycles. The molecule has 0 saturated heterocycles. The van der Waals surface area contributed by atoms with Crippen molar-refractivity contribution < 1.29 is 19.2 Å². The van der Waals surface area contributed by atoms with E-state index in [1.165, 1.54) is 12.3 Å². The number of fused-ring (bicyclic) bond motifs is 1. The van der Waals surface area contributed by atoms with Gasteiger partial charge in [-0.05, 0) is 37.6 Å². The van der Waals surface area contributed by atoms with Crippen LogP contribution in [0.3, 0.4) is 0 Å². The zero-order chi connectivity index (χ0) is 24.8. The molecule has 1 aromatic heterocycles. The summed E-state index contributed by atoms with van der Waals surface area (Å²) in [5.74, 6) is -0.503. The van der Waals surface area contributed by atoms with E-state index in [-0.39, 0.29) is 22.9 Å². The zero-order valence-corrected chi connectivity index (χ0v) is 20.6. The molecule has 0 atom stereocenters. The summed E-state index contributed by atoms with van der Waals surface area (Å²) in [6, 6.07) is 7.65. The molecule has 0 unspecified atom stereocenters. The van der Waals surface area contributed by atoms with E-state index in [1.54, 1.807) is 25.1 Å². The maximum absolute atomic E-state index is 13.2. The van der Waals surface area contributed by atoms with E-state index in [2.05, 4.69) is 26.0 Å². The lowest BCUT2D eigenvalue weighted by Crippen LogP contribution is -2.22. The second-order valence-corrected chi connectivity index (χ2v) is 8.35. The predicted octanol–water partition coefficient (Wildman–Crippen LogP) is 4.50. The Bertz CT molecular complexity index is 1340. The molecular weight excluding hydrogens is 532 g/mol. The lowest BCUT2D eigenvalue weighted by Gasteiger charge is -2.11. The first kappa shape index (κ1) is 25.3. The molecule has 0 aliphatic carbocycles. The van der Waals surface area contributed by atoms with Crippen LogP contribution in [0.1, 0.15) is 31.7 Å². The van der Waals surface area contributed by atoms with Gasteiger partial charge in [0.1, 0.15) is 5.82 Å². The van der Waals surface area contributed by atoms with Gasteiger partial charge in [-0.3, -0.25) is 14.9 Å². The topological polar surface area (TPSA) is 126 Å². The summed E-state index contributed by atoms with van der Waals surface area (Å²) in [5, 5.41) is 16.2. The van der Waals surface area contributed by atoms with Gasteiger partial charge in [0.15, 0.2) is 6.61 Å². The Hall–Kier alpha value is -3.31. The summed E-state index contributed by atoms with van der Waals surface area (Å²) in [5.41, 5.74) is -0.233. The summed E-state index contributed by atoms with van der Waals surface area (Å²) in [7, 11) is 0. The molecule has 0 fully saturated rings. The molecule has 3 rings (SSSR count). The Kier molecular flexibility index (Phi) is 8.35. The van der Waals surface area contributed by atoms with Gasteiger partial charge < -0.3 is 9.47 Å². The molecule has 0 radical (unpaired) electrons. The van der Waals surface area contributed by atoms with Crippen LogP contribution in [0.5, 0.6) is 5.75 Å². The number of nitro benzene ring substituents is 1. The monoisotopic (exact) mass is 550 g/mol. The summed E-state index contributed by atoms with van der Waals surface area (Å²) in [4.78, 5) is 40.3. The number of carbonyl (C=O) groups is 1. The van der Waals surface area contributed by atoms with Gasteiger partial charge in [-0.15, -0.1) is 0 Å². The van der Waals surface area contributed by atoms with Crippen LogP contribution in [0, 0.1) is 10.1 Å². The minimum Gasteiger partial charge on any atom is -0.474 e. The highest BCUT2D eigenvalue weighted by Gasteiger charge is 2.22. The van der Waals surface area contributed by atoms with Crippen LogP contribution in [0.25, 0.3) is 10.9 Å². The van der Waals surface area contributed by atoms with Crippen molar-refractivity contribution in [2.45, 2.75) is 26.7 Å². The van der Waals surface area contributed by atoms with Crippen molar-refractivity contribution in [2.24, 2.45) is 5.10 Å². The smallest absolute Gasteiger partial charge is 0.344 e. The fraction of sp³-hybridized carbons (Fsp3) is 0.273. The number of halogens is 2. The van der Waals surface area contributed by atoms with Crippen LogP contribution in [0.2, 0.25) is 5.02 Å². The predicted molar refractivity (Wildman–Crippen MR) is 131 cm³/mol. The first-order valence-electron chi connectivity index (χ1n) is 10.3. The highest BCUT2D eigenvalue weighted by atomic mass is 79.9. The number of rotatable bonds is 9. The number of carbonyl (C=O) groups excluding carboxylic acids is 1. The van der Waals surface area contributed by atoms with Crippen molar-refractivity contribution in [1.82, 2.24) is 9.66 Å². The molecule has 3 aromatic rings. The Morgan fingerprint density at radius 2 is 2.09 bits per heavy atom. The van der Waals surface area contributed by atoms with E-state index in [4.69, 9.17) is 21.1 Å². The normalized spacial score (nSPS) is 11.2. The maximum Gasteiger partial charge on any atom is 0.344 e. The summed E-state index contributed by atoms with van der Waals surface area (Å²) < 4.78 is 12.1. The van der Waals surface area contributed by atoms with Gasteiger partial charge in [-0.25, -0.2) is 9.78 Å². The van der Waals surface area contributed by atoms with Gasteiger partial charge >= 0.3 is 11.7 Å². The van der Waals surface area contributed by atoms with Crippen LogP contribution >= 0.6 is 27.5 Å². The number of nitro groups is 1. The lowest BCUT2D eigenvalue weighted by molar-refractivity contribution is -0.385. The van der Waals surface area contributed by atoms with Crippen molar-refractivity contribution in [1.29, 1.82) is 0 Å². The molecule has 0 aliphatic rings. The quantitative estimate of drug-likeness (QED) is 0.166. The van der Waals surface area contributed by atoms with Gasteiger partial charge in [0, 0.05) is 27.5 Å². The van der Waals surface area contributed by atoms with Crippen LogP contribution in [-0.4, -0.2) is 40.0 Å². The fourth-order valence-electron chi connectivity index (χ4n) is 3.14. The Morgan fingerprint density at radius 1 is 1.32 bits per heavy atom. The van der Waals surface area contributed by atoms with Crippen LogP contribution in [0.15, 0.2) is 44.7 Å². The first-order chi connectivity index (χ1) is 16.2. The first-order valence-corrected chi connectivity index (χ1v) is 11.4. The van der Waals surface area contributed by atoms with Gasteiger partial charge in [0.25, 0.3) is 5.56 Å². The van der Waals surface area contributed by atoms with E-state index in [9.17, 15) is 19.7 Å². The van der Waals surface area contributed by atoms with E-state index in [1.807, 2.05) is 6.92 Å². The molecule has 12 heteroatoms. The van der Waals surface area contributed by atoms with Gasteiger partial charge in [-0.2, -0.15) is 9.78 Å². The average Bonchev–Trinajstić information content (AvgIpc) is 2.78. The van der Waals surface area contributed by atoms with Crippen molar-refractivity contribution in [2.75, 3.05) is 13.2 Å². The number of ether oxygens (including phenoxy) is 2. The van der Waals surface area contributed by atoms with Crippen molar-refractivity contribution in [3.63, 3.8) is 0 Å². The van der Waals surface area contributed by atoms with E-state index < -0.39 is 28.7 Å². The van der Waals surface area contributed by atoms with E-state index >= 15 is 0 Å². The summed E-state index contributed by atoms with van der Waals surface area (Å²) in [6.45, 7) is 3.15. The average molecular weight is 552 g/mol. The third-order valence-electron chi connectivity index (χ3n) is 4.56. The molecule has 0 aliphatic heterocycles. The Balaban J connectivity index is 2.13. The molecule has 0 saturated carbocycles. The third kappa shape index (κ3) is 5.78. The minimum atomic E-state index is -0.694. The standard InChI is InChI=1S/C22H20BrClN4O6/c1-3-5-19-26-17-7-6-14(23)9-16(17)22(30)27(19)25-11-13-8-15(24)10-18(28(31)32)21(13)34-12-20(29)33-4-2/h6-11H,3-5,12H2,1-2H3. The molecule has 0 N–H and O–H groups in total. The minimum absolute atomic E-state index is 0.0540. The van der Waals surface area contributed by atoms with Gasteiger partial charge in [0.05, 0.1) is 28.6 Å². The van der Waals surface area contributed by atoms with Crippen LogP contribution in [0.4, 0.5) is 5.69 Å².